The zero-order chi connectivity index (χ0) is 11.1. The number of aryl methyl sites for hydroxylation is 1. The van der Waals surface area contributed by atoms with E-state index in [1.165, 1.54) is 0 Å². The number of nitrogens with two attached hydrogens (primary N) is 1. The Morgan fingerprint density at radius 3 is 3.00 bits per heavy atom. The minimum Gasteiger partial charge on any atom is -0.368 e. The van der Waals surface area contributed by atoms with Crippen LogP contribution in [-0.4, -0.2) is 29.9 Å². The first-order valence-corrected chi connectivity index (χ1v) is 4.70. The van der Waals surface area contributed by atoms with Crippen LogP contribution in [0.25, 0.3) is 22.4 Å². The smallest absolute Gasteiger partial charge is 0.222 e. The zero-order valence-electron chi connectivity index (χ0n) is 8.55. The molecule has 7 nitrogen and oxygen atoms in total. The topological polar surface area (TPSA) is 98.3 Å². The van der Waals surface area contributed by atoms with Crippen molar-refractivity contribution in [2.24, 2.45) is 7.05 Å². The third-order valence-electron chi connectivity index (χ3n) is 2.39. The molecule has 0 aromatic carbocycles. The number of rotatable bonds is 1. The fraction of sp³-hybridized carbons (Fsp3) is 0.111. The minimum absolute atomic E-state index is 0.216. The SMILES string of the molecule is Cn1nccc1-c1nc(N)nc2[nH]ncc12. The maximum Gasteiger partial charge on any atom is 0.222 e. The molecule has 0 atom stereocenters. The molecule has 0 aliphatic heterocycles. The van der Waals surface area contributed by atoms with Gasteiger partial charge < -0.3 is 5.73 Å². The molecule has 0 fully saturated rings. The number of hydrogen-bond acceptors (Lipinski definition) is 5. The van der Waals surface area contributed by atoms with Crippen molar-refractivity contribution >= 4 is 17.0 Å². The molecule has 0 saturated carbocycles. The summed E-state index contributed by atoms with van der Waals surface area (Å²) in [4.78, 5) is 8.28. The number of anilines is 1. The van der Waals surface area contributed by atoms with E-state index in [4.69, 9.17) is 5.73 Å². The second-order valence-corrected chi connectivity index (χ2v) is 3.40. The molecule has 0 spiro atoms. The molecule has 3 aromatic rings. The van der Waals surface area contributed by atoms with Gasteiger partial charge in [-0.05, 0) is 6.07 Å². The molecule has 0 bridgehead atoms. The highest BCUT2D eigenvalue weighted by atomic mass is 15.3. The Kier molecular flexibility index (Phi) is 1.67. The van der Waals surface area contributed by atoms with Crippen molar-refractivity contribution in [3.8, 4) is 11.4 Å². The highest BCUT2D eigenvalue weighted by molar-refractivity contribution is 5.89. The molecule has 0 radical (unpaired) electrons. The minimum atomic E-state index is 0.216. The molecule has 0 aliphatic carbocycles. The van der Waals surface area contributed by atoms with Crippen LogP contribution in [0.4, 0.5) is 5.95 Å². The highest BCUT2D eigenvalue weighted by Gasteiger charge is 2.12. The van der Waals surface area contributed by atoms with Gasteiger partial charge in [0.25, 0.3) is 0 Å². The van der Waals surface area contributed by atoms with E-state index in [0.717, 1.165) is 16.8 Å². The van der Waals surface area contributed by atoms with Gasteiger partial charge in [0.1, 0.15) is 5.69 Å². The van der Waals surface area contributed by atoms with E-state index in [2.05, 4.69) is 25.3 Å². The van der Waals surface area contributed by atoms with Gasteiger partial charge in [0, 0.05) is 13.2 Å². The summed E-state index contributed by atoms with van der Waals surface area (Å²) in [5, 5.41) is 11.6. The average molecular weight is 215 g/mol. The van der Waals surface area contributed by atoms with Crippen LogP contribution in [-0.2, 0) is 7.05 Å². The predicted molar refractivity (Wildman–Crippen MR) is 58.3 cm³/mol. The number of aromatic nitrogens is 6. The van der Waals surface area contributed by atoms with Crippen molar-refractivity contribution in [1.29, 1.82) is 0 Å². The summed E-state index contributed by atoms with van der Waals surface area (Å²) in [5.41, 5.74) is 7.88. The largest absolute Gasteiger partial charge is 0.368 e. The average Bonchev–Trinajstić information content (AvgIpc) is 2.84. The lowest BCUT2D eigenvalue weighted by Crippen LogP contribution is -2.00. The van der Waals surface area contributed by atoms with Gasteiger partial charge in [-0.25, -0.2) is 4.98 Å². The Bertz CT molecular complexity index is 651. The van der Waals surface area contributed by atoms with Gasteiger partial charge in [0.15, 0.2) is 5.65 Å². The van der Waals surface area contributed by atoms with Crippen LogP contribution in [0.15, 0.2) is 18.5 Å². The number of nitrogens with zero attached hydrogens (tertiary/aromatic N) is 5. The molecule has 16 heavy (non-hydrogen) atoms. The molecular formula is C9H9N7. The van der Waals surface area contributed by atoms with Gasteiger partial charge in [0.05, 0.1) is 17.3 Å². The van der Waals surface area contributed by atoms with Crippen LogP contribution in [0.1, 0.15) is 0 Å². The number of fused-ring (bicyclic) bond motifs is 1. The third-order valence-corrected chi connectivity index (χ3v) is 2.39. The van der Waals surface area contributed by atoms with Gasteiger partial charge >= 0.3 is 0 Å². The number of hydrogen-bond donors (Lipinski definition) is 2. The van der Waals surface area contributed by atoms with E-state index in [0.29, 0.717) is 5.65 Å². The molecule has 3 rings (SSSR count). The van der Waals surface area contributed by atoms with Gasteiger partial charge in [-0.15, -0.1) is 0 Å². The number of nitrogens with one attached hydrogen (secondary N) is 1. The van der Waals surface area contributed by atoms with Crippen molar-refractivity contribution in [2.75, 3.05) is 5.73 Å². The lowest BCUT2D eigenvalue weighted by atomic mass is 10.2. The highest BCUT2D eigenvalue weighted by Crippen LogP contribution is 2.24. The summed E-state index contributed by atoms with van der Waals surface area (Å²) in [6, 6.07) is 1.87. The molecule has 0 saturated heterocycles. The summed E-state index contributed by atoms with van der Waals surface area (Å²) in [7, 11) is 1.85. The first-order valence-electron chi connectivity index (χ1n) is 4.70. The summed E-state index contributed by atoms with van der Waals surface area (Å²) in [6.45, 7) is 0. The predicted octanol–water partition coefficient (Wildman–Crippen LogP) is 0.336. The first-order chi connectivity index (χ1) is 7.75. The van der Waals surface area contributed by atoms with Crippen molar-refractivity contribution < 1.29 is 0 Å². The molecule has 0 unspecified atom stereocenters. The molecular weight excluding hydrogens is 206 g/mol. The molecule has 3 aromatic heterocycles. The maximum absolute atomic E-state index is 5.64. The van der Waals surface area contributed by atoms with Crippen LogP contribution >= 0.6 is 0 Å². The van der Waals surface area contributed by atoms with Crippen molar-refractivity contribution in [3.05, 3.63) is 18.5 Å². The van der Waals surface area contributed by atoms with Crippen molar-refractivity contribution in [1.82, 2.24) is 29.9 Å². The second-order valence-electron chi connectivity index (χ2n) is 3.40. The maximum atomic E-state index is 5.64. The van der Waals surface area contributed by atoms with Gasteiger partial charge in [0.2, 0.25) is 5.95 Å². The van der Waals surface area contributed by atoms with E-state index in [-0.39, 0.29) is 5.95 Å². The first kappa shape index (κ1) is 8.84. The van der Waals surface area contributed by atoms with Gasteiger partial charge in [-0.1, -0.05) is 0 Å². The molecule has 80 valence electrons. The Morgan fingerprint density at radius 2 is 2.25 bits per heavy atom. The third kappa shape index (κ3) is 1.14. The number of H-pyrrole nitrogens is 1. The normalized spacial score (nSPS) is 11.1. The van der Waals surface area contributed by atoms with E-state index < -0.39 is 0 Å². The zero-order valence-corrected chi connectivity index (χ0v) is 8.55. The van der Waals surface area contributed by atoms with Crippen LogP contribution < -0.4 is 5.73 Å². The number of aromatic amines is 1. The van der Waals surface area contributed by atoms with Crippen LogP contribution in [0.3, 0.4) is 0 Å². The Balaban J connectivity index is 2.38. The van der Waals surface area contributed by atoms with Gasteiger partial charge in [-0.3, -0.25) is 9.78 Å². The summed E-state index contributed by atoms with van der Waals surface area (Å²) >= 11 is 0. The molecule has 3 heterocycles. The summed E-state index contributed by atoms with van der Waals surface area (Å²) in [5.74, 6) is 0.216. The molecule has 0 aliphatic rings. The van der Waals surface area contributed by atoms with E-state index in [1.54, 1.807) is 17.1 Å². The fourth-order valence-corrected chi connectivity index (χ4v) is 1.65. The number of nitrogen functional groups attached to an aromatic ring is 1. The molecule has 7 heteroatoms. The van der Waals surface area contributed by atoms with Crippen LogP contribution in [0.5, 0.6) is 0 Å². The molecule has 0 amide bonds. The Hall–Kier alpha value is -2.44. The second kappa shape index (κ2) is 3.02. The standard InChI is InChI=1S/C9H9N7/c1-16-6(2-3-12-16)7-5-4-11-15-8(5)14-9(10)13-7/h2-4H,1H3,(H3,10,11,13,14,15). The monoisotopic (exact) mass is 215 g/mol. The van der Waals surface area contributed by atoms with Crippen molar-refractivity contribution in [2.45, 2.75) is 0 Å². The van der Waals surface area contributed by atoms with Crippen LogP contribution in [0.2, 0.25) is 0 Å². The summed E-state index contributed by atoms with van der Waals surface area (Å²) < 4.78 is 1.73. The van der Waals surface area contributed by atoms with Crippen molar-refractivity contribution in [3.63, 3.8) is 0 Å². The lowest BCUT2D eigenvalue weighted by Gasteiger charge is -2.03. The quantitative estimate of drug-likeness (QED) is 0.609. The van der Waals surface area contributed by atoms with E-state index in [1.807, 2.05) is 13.1 Å². The van der Waals surface area contributed by atoms with Gasteiger partial charge in [-0.2, -0.15) is 15.2 Å². The van der Waals surface area contributed by atoms with E-state index >= 15 is 0 Å². The molecule has 3 N–H and O–H groups in total. The summed E-state index contributed by atoms with van der Waals surface area (Å²) in [6.07, 6.45) is 3.39. The van der Waals surface area contributed by atoms with E-state index in [9.17, 15) is 0 Å². The Labute approximate surface area is 90.3 Å². The van der Waals surface area contributed by atoms with Crippen LogP contribution in [0, 0.1) is 0 Å². The fourth-order valence-electron chi connectivity index (χ4n) is 1.65. The lowest BCUT2D eigenvalue weighted by molar-refractivity contribution is 0.774. The Morgan fingerprint density at radius 1 is 1.38 bits per heavy atom.